The van der Waals surface area contributed by atoms with Gasteiger partial charge in [0.05, 0.1) is 38.9 Å². The van der Waals surface area contributed by atoms with Crippen molar-refractivity contribution in [2.45, 2.75) is 51.9 Å². The van der Waals surface area contributed by atoms with Gasteiger partial charge in [0.25, 0.3) is 0 Å². The van der Waals surface area contributed by atoms with Gasteiger partial charge < -0.3 is 19.2 Å². The quantitative estimate of drug-likeness (QED) is 0.0768. The van der Waals surface area contributed by atoms with Crippen molar-refractivity contribution in [1.82, 2.24) is 5.16 Å². The van der Waals surface area contributed by atoms with Crippen LogP contribution in [0.3, 0.4) is 0 Å². The SMILES string of the molecule is CCOC(=O)CC(=O)C1CC1.CCOC(=O)c1c(-c2c(Cl)cccc2Cl)noc1C1CC1.O/N=C(/Cl)c1c(Cl)cccc1Cl. The fraction of sp³-hybridized carbons (Fsp3) is 0.367. The van der Waals surface area contributed by atoms with Crippen LogP contribution in [0.4, 0.5) is 0 Å². The van der Waals surface area contributed by atoms with Crippen LogP contribution in [0, 0.1) is 5.92 Å². The van der Waals surface area contributed by atoms with E-state index in [1.165, 1.54) is 0 Å². The summed E-state index contributed by atoms with van der Waals surface area (Å²) in [6.45, 7) is 4.13. The van der Waals surface area contributed by atoms with Crippen molar-refractivity contribution in [3.63, 3.8) is 0 Å². The van der Waals surface area contributed by atoms with Gasteiger partial charge in [0, 0.05) is 17.4 Å². The first-order valence-corrected chi connectivity index (χ1v) is 15.5. The molecule has 2 fully saturated rings. The molecule has 2 aliphatic carbocycles. The zero-order valence-corrected chi connectivity index (χ0v) is 27.5. The standard InChI is InChI=1S/C15H13Cl2NO3.C8H12O3.C7H4Cl3NO/c1-2-20-15(19)12-13(18-21-14(12)8-6-7-8)11-9(16)4-3-5-10(11)17;1-2-11-8(10)5-7(9)6-3-4-6;8-4-2-1-3-5(9)6(4)7(10)11-12/h3-5,8H,2,6-7H2,1H3;6H,2-5H2,1H3;1-3,12H/b;;11-7+. The van der Waals surface area contributed by atoms with E-state index in [2.05, 4.69) is 15.0 Å². The number of halogens is 5. The average molecular weight is 707 g/mol. The van der Waals surface area contributed by atoms with Crippen molar-refractivity contribution < 1.29 is 33.6 Å². The maximum absolute atomic E-state index is 12.3. The number of hydrogen-bond donors (Lipinski definition) is 1. The number of carbonyl (C=O) groups excluding carboxylic acids is 3. The van der Waals surface area contributed by atoms with E-state index in [1.54, 1.807) is 50.2 Å². The normalized spacial score (nSPS) is 14.0. The van der Waals surface area contributed by atoms with Crippen LogP contribution in [0.1, 0.15) is 73.6 Å². The van der Waals surface area contributed by atoms with Gasteiger partial charge in [-0.05, 0) is 63.8 Å². The third-order valence-electron chi connectivity index (χ3n) is 6.26. The van der Waals surface area contributed by atoms with E-state index in [4.69, 9.17) is 72.5 Å². The Hall–Kier alpha value is -2.82. The van der Waals surface area contributed by atoms with Crippen molar-refractivity contribution in [2.24, 2.45) is 11.1 Å². The third kappa shape index (κ3) is 9.84. The number of rotatable bonds is 9. The zero-order chi connectivity index (χ0) is 32.4. The molecule has 2 aliphatic rings. The van der Waals surface area contributed by atoms with E-state index in [-0.39, 0.29) is 41.8 Å². The molecule has 0 bridgehead atoms. The first kappa shape index (κ1) is 35.7. The fourth-order valence-electron chi connectivity index (χ4n) is 3.87. The number of nitrogens with zero attached hydrogens (tertiary/aromatic N) is 2. The van der Waals surface area contributed by atoms with Crippen molar-refractivity contribution in [3.05, 3.63) is 73.4 Å². The highest BCUT2D eigenvalue weighted by molar-refractivity contribution is 6.71. The smallest absolute Gasteiger partial charge is 0.344 e. The summed E-state index contributed by atoms with van der Waals surface area (Å²) in [7, 11) is 0. The Morgan fingerprint density at radius 3 is 1.91 bits per heavy atom. The number of carbonyl (C=O) groups is 3. The molecule has 236 valence electrons. The zero-order valence-electron chi connectivity index (χ0n) is 23.7. The van der Waals surface area contributed by atoms with Crippen LogP contribution >= 0.6 is 58.0 Å². The molecule has 5 rings (SSSR count). The predicted octanol–water partition coefficient (Wildman–Crippen LogP) is 8.99. The summed E-state index contributed by atoms with van der Waals surface area (Å²) in [5.74, 6) is 0.172. The molecule has 1 N–H and O–H groups in total. The minimum atomic E-state index is -0.452. The van der Waals surface area contributed by atoms with Crippen LogP contribution in [0.15, 0.2) is 46.1 Å². The molecule has 9 nitrogen and oxygen atoms in total. The lowest BCUT2D eigenvalue weighted by molar-refractivity contribution is -0.145. The summed E-state index contributed by atoms with van der Waals surface area (Å²) in [4.78, 5) is 34.0. The maximum Gasteiger partial charge on any atom is 0.344 e. The number of hydrogen-bond acceptors (Lipinski definition) is 9. The molecule has 0 atom stereocenters. The molecule has 0 radical (unpaired) electrons. The first-order valence-electron chi connectivity index (χ1n) is 13.6. The number of aromatic nitrogens is 1. The minimum Gasteiger partial charge on any atom is -0.466 e. The van der Waals surface area contributed by atoms with Gasteiger partial charge in [0.15, 0.2) is 10.9 Å². The lowest BCUT2D eigenvalue weighted by atomic mass is 10.0. The van der Waals surface area contributed by atoms with Crippen molar-refractivity contribution >= 4 is 80.9 Å². The number of ether oxygens (including phenoxy) is 2. The number of benzene rings is 2. The van der Waals surface area contributed by atoms with Crippen LogP contribution in [0.25, 0.3) is 11.3 Å². The highest BCUT2D eigenvalue weighted by Gasteiger charge is 2.37. The molecule has 0 unspecified atom stereocenters. The molecule has 0 spiro atoms. The summed E-state index contributed by atoms with van der Waals surface area (Å²) < 4.78 is 15.1. The fourth-order valence-corrected chi connectivity index (χ4v) is 5.32. The lowest BCUT2D eigenvalue weighted by Crippen LogP contribution is -2.12. The second-order valence-electron chi connectivity index (χ2n) is 9.57. The molecule has 1 aromatic heterocycles. The summed E-state index contributed by atoms with van der Waals surface area (Å²) in [6.07, 6.45) is 3.85. The van der Waals surface area contributed by atoms with Gasteiger partial charge in [-0.2, -0.15) is 0 Å². The topological polar surface area (TPSA) is 128 Å². The highest BCUT2D eigenvalue weighted by Crippen LogP contribution is 2.46. The monoisotopic (exact) mass is 704 g/mol. The van der Waals surface area contributed by atoms with Crippen molar-refractivity contribution in [3.8, 4) is 11.3 Å². The molecule has 44 heavy (non-hydrogen) atoms. The molecule has 0 saturated heterocycles. The second kappa shape index (κ2) is 17.0. The highest BCUT2D eigenvalue weighted by atomic mass is 35.5. The lowest BCUT2D eigenvalue weighted by Gasteiger charge is -2.06. The van der Waals surface area contributed by atoms with E-state index in [0.717, 1.165) is 25.7 Å². The predicted molar refractivity (Wildman–Crippen MR) is 170 cm³/mol. The number of esters is 2. The van der Waals surface area contributed by atoms with Crippen LogP contribution < -0.4 is 0 Å². The molecule has 3 aromatic rings. The van der Waals surface area contributed by atoms with E-state index >= 15 is 0 Å². The minimum absolute atomic E-state index is 0.0293. The summed E-state index contributed by atoms with van der Waals surface area (Å²) in [5, 5.41) is 16.6. The van der Waals surface area contributed by atoms with Gasteiger partial charge in [-0.1, -0.05) is 80.4 Å². The van der Waals surface area contributed by atoms with Gasteiger partial charge in [-0.15, -0.1) is 0 Å². The Labute approximate surface area is 279 Å². The van der Waals surface area contributed by atoms with E-state index in [9.17, 15) is 14.4 Å². The number of ketones is 1. The Morgan fingerprint density at radius 1 is 0.886 bits per heavy atom. The van der Waals surface area contributed by atoms with Gasteiger partial charge in [0.1, 0.15) is 23.5 Å². The number of Topliss-reactive ketones (excluding diaryl/α,β-unsaturated/α-hetero) is 1. The Morgan fingerprint density at radius 2 is 1.43 bits per heavy atom. The molecule has 0 amide bonds. The first-order chi connectivity index (χ1) is 21.0. The van der Waals surface area contributed by atoms with E-state index in [0.29, 0.717) is 54.8 Å². The molecular formula is C30H29Cl5N2O7. The third-order valence-corrected chi connectivity index (χ3v) is 7.78. The maximum atomic E-state index is 12.3. The van der Waals surface area contributed by atoms with Crippen molar-refractivity contribution in [1.29, 1.82) is 0 Å². The van der Waals surface area contributed by atoms with Crippen molar-refractivity contribution in [2.75, 3.05) is 13.2 Å². The Kier molecular flexibility index (Phi) is 13.8. The summed E-state index contributed by atoms with van der Waals surface area (Å²) >= 11 is 29.4. The van der Waals surface area contributed by atoms with Crippen LogP contribution in [0.5, 0.6) is 0 Å². The van der Waals surface area contributed by atoms with Crippen LogP contribution in [-0.2, 0) is 19.1 Å². The molecular weight excluding hydrogens is 678 g/mol. The molecule has 0 aliphatic heterocycles. The van der Waals surface area contributed by atoms with Crippen LogP contribution in [-0.4, -0.2) is 46.5 Å². The summed E-state index contributed by atoms with van der Waals surface area (Å²) in [5.41, 5.74) is 1.53. The molecule has 2 saturated carbocycles. The second-order valence-corrected chi connectivity index (χ2v) is 11.6. The van der Waals surface area contributed by atoms with E-state index in [1.807, 2.05) is 0 Å². The van der Waals surface area contributed by atoms with Crippen LogP contribution in [0.2, 0.25) is 20.1 Å². The molecule has 1 heterocycles. The Bertz CT molecular complexity index is 1480. The number of oxime groups is 1. The van der Waals surface area contributed by atoms with Gasteiger partial charge in [0.2, 0.25) is 0 Å². The molecule has 2 aromatic carbocycles. The summed E-state index contributed by atoms with van der Waals surface area (Å²) in [6, 6.07) is 10.0. The van der Waals surface area contributed by atoms with Gasteiger partial charge in [-0.3, -0.25) is 9.59 Å². The average Bonchev–Trinajstić information content (AvgIpc) is 3.91. The van der Waals surface area contributed by atoms with Gasteiger partial charge >= 0.3 is 11.9 Å². The van der Waals surface area contributed by atoms with Gasteiger partial charge in [-0.25, -0.2) is 4.79 Å². The van der Waals surface area contributed by atoms with E-state index < -0.39 is 5.97 Å². The Balaban J connectivity index is 0.000000196. The molecule has 14 heteroatoms. The largest absolute Gasteiger partial charge is 0.466 e.